The van der Waals surface area contributed by atoms with Crippen LogP contribution in [-0.4, -0.2) is 30.2 Å². The van der Waals surface area contributed by atoms with Gasteiger partial charge in [-0.2, -0.15) is 5.26 Å². The fraction of sp³-hybridized carbons (Fsp3) is 0.318. The van der Waals surface area contributed by atoms with Crippen LogP contribution in [0.25, 0.3) is 11.6 Å². The molecule has 0 spiro atoms. The molecule has 2 heterocycles. The average molecular weight is 410 g/mol. The van der Waals surface area contributed by atoms with Crippen LogP contribution in [0.1, 0.15) is 25.3 Å². The van der Waals surface area contributed by atoms with Gasteiger partial charge in [-0.25, -0.2) is 4.79 Å². The van der Waals surface area contributed by atoms with Crippen molar-refractivity contribution in [1.82, 2.24) is 4.57 Å². The lowest BCUT2D eigenvalue weighted by molar-refractivity contribution is -0.135. The maximum atomic E-state index is 12.8. The zero-order valence-corrected chi connectivity index (χ0v) is 17.2. The van der Waals surface area contributed by atoms with E-state index in [0.29, 0.717) is 15.7 Å². The number of carbonyl (C=O) groups excluding carboxylic acids is 1. The van der Waals surface area contributed by atoms with E-state index in [1.54, 1.807) is 13.0 Å². The molecule has 0 aliphatic carbocycles. The van der Waals surface area contributed by atoms with Gasteiger partial charge in [0.2, 0.25) is 0 Å². The van der Waals surface area contributed by atoms with E-state index in [1.165, 1.54) is 29.2 Å². The number of hydrogen-bond donors (Lipinski definition) is 0. The average Bonchev–Trinajstić information content (AvgIpc) is 3.37. The third-order valence-corrected chi connectivity index (χ3v) is 5.88. The van der Waals surface area contributed by atoms with E-state index in [-0.39, 0.29) is 17.7 Å². The summed E-state index contributed by atoms with van der Waals surface area (Å²) in [5.41, 5.74) is 1.69. The number of anilines is 1. The first-order valence-electron chi connectivity index (χ1n) is 9.57. The van der Waals surface area contributed by atoms with Crippen molar-refractivity contribution >= 4 is 34.6 Å². The molecule has 0 atom stereocenters. The molecular formula is C22H23N3O3S. The zero-order valence-electron chi connectivity index (χ0n) is 16.4. The van der Waals surface area contributed by atoms with Crippen LogP contribution in [0.4, 0.5) is 5.69 Å². The van der Waals surface area contributed by atoms with E-state index in [2.05, 4.69) is 23.6 Å². The zero-order chi connectivity index (χ0) is 20.8. The molecule has 1 aromatic carbocycles. The molecule has 6 nitrogen and oxygen atoms in total. The van der Waals surface area contributed by atoms with Gasteiger partial charge in [0.1, 0.15) is 17.3 Å². The molecule has 0 N–H and O–H groups in total. The number of nitrogens with zero attached hydrogens (tertiary/aromatic N) is 3. The van der Waals surface area contributed by atoms with Gasteiger partial charge in [0.15, 0.2) is 5.57 Å². The van der Waals surface area contributed by atoms with E-state index in [1.807, 2.05) is 18.2 Å². The van der Waals surface area contributed by atoms with Gasteiger partial charge in [-0.3, -0.25) is 9.36 Å². The number of aromatic nitrogens is 1. The van der Waals surface area contributed by atoms with Gasteiger partial charge in [-0.05, 0) is 43.5 Å². The van der Waals surface area contributed by atoms with E-state index >= 15 is 0 Å². The topological polar surface area (TPSA) is 75.3 Å². The van der Waals surface area contributed by atoms with Gasteiger partial charge in [0.05, 0.1) is 4.53 Å². The smallest absolute Gasteiger partial charge is 0.352 e. The Labute approximate surface area is 173 Å². The number of thiazole rings is 1. The lowest BCUT2D eigenvalue weighted by atomic mass is 10.2. The van der Waals surface area contributed by atoms with Crippen LogP contribution in [-0.2, 0) is 16.1 Å². The van der Waals surface area contributed by atoms with Gasteiger partial charge < -0.3 is 9.64 Å². The number of rotatable bonds is 6. The van der Waals surface area contributed by atoms with Gasteiger partial charge in [-0.1, -0.05) is 24.8 Å². The Balaban J connectivity index is 2.03. The maximum absolute atomic E-state index is 12.8. The maximum Gasteiger partial charge on any atom is 0.352 e. The molecule has 0 unspecified atom stereocenters. The first kappa shape index (κ1) is 20.6. The van der Waals surface area contributed by atoms with Crippen molar-refractivity contribution in [3.05, 3.63) is 62.0 Å². The Morgan fingerprint density at radius 1 is 1.31 bits per heavy atom. The molecule has 3 rings (SSSR count). The van der Waals surface area contributed by atoms with Crippen LogP contribution in [0.5, 0.6) is 0 Å². The predicted molar refractivity (Wildman–Crippen MR) is 115 cm³/mol. The fourth-order valence-electron chi connectivity index (χ4n) is 3.29. The minimum Gasteiger partial charge on any atom is -0.457 e. The van der Waals surface area contributed by atoms with Crippen LogP contribution >= 0.6 is 11.3 Å². The highest BCUT2D eigenvalue weighted by molar-refractivity contribution is 7.07. The predicted octanol–water partition coefficient (Wildman–Crippen LogP) is 1.76. The van der Waals surface area contributed by atoms with Crippen molar-refractivity contribution in [1.29, 1.82) is 5.26 Å². The molecular weight excluding hydrogens is 386 g/mol. The molecule has 0 radical (unpaired) electrons. The number of nitriles is 1. The van der Waals surface area contributed by atoms with Crippen molar-refractivity contribution in [2.45, 2.75) is 26.3 Å². The Kier molecular flexibility index (Phi) is 6.68. The molecule has 1 saturated heterocycles. The normalized spacial score (nSPS) is 15.2. The van der Waals surface area contributed by atoms with Crippen LogP contribution in [0.2, 0.25) is 0 Å². The first-order valence-corrected chi connectivity index (χ1v) is 10.4. The second kappa shape index (κ2) is 9.39. The van der Waals surface area contributed by atoms with Crippen molar-refractivity contribution in [3.8, 4) is 6.07 Å². The van der Waals surface area contributed by atoms with Gasteiger partial charge in [0, 0.05) is 25.3 Å². The summed E-state index contributed by atoms with van der Waals surface area (Å²) in [6.45, 7) is 7.81. The molecule has 150 valence electrons. The molecule has 1 aromatic heterocycles. The standard InChI is InChI=1S/C22H23N3O3S/c1-3-13-28-22(27)18(15-23)21-25(4-2)20(26)19(29-21)14-16-7-9-17(10-8-16)24-11-5-6-12-24/h3,7-10,14H,1,4-6,11-13H2,2H3/b19-14-,21-18-. The molecule has 7 heteroatoms. The summed E-state index contributed by atoms with van der Waals surface area (Å²) in [6, 6.07) is 9.97. The molecule has 1 aliphatic rings. The monoisotopic (exact) mass is 409 g/mol. The summed E-state index contributed by atoms with van der Waals surface area (Å²) in [5.74, 6) is -0.752. The summed E-state index contributed by atoms with van der Waals surface area (Å²) < 4.78 is 7.21. The Hall–Kier alpha value is -3.11. The number of benzene rings is 1. The van der Waals surface area contributed by atoms with Crippen LogP contribution in [0.3, 0.4) is 0 Å². The summed E-state index contributed by atoms with van der Waals surface area (Å²) in [4.78, 5) is 27.3. The number of carbonyl (C=O) groups is 1. The molecule has 29 heavy (non-hydrogen) atoms. The number of hydrogen-bond acceptors (Lipinski definition) is 6. The van der Waals surface area contributed by atoms with Crippen LogP contribution in [0.15, 0.2) is 41.7 Å². The largest absolute Gasteiger partial charge is 0.457 e. The third kappa shape index (κ3) is 4.49. The second-order valence-corrected chi connectivity index (χ2v) is 7.66. The summed E-state index contributed by atoms with van der Waals surface area (Å²) >= 11 is 1.13. The van der Waals surface area contributed by atoms with Gasteiger partial charge in [-0.15, -0.1) is 11.3 Å². The van der Waals surface area contributed by atoms with E-state index in [4.69, 9.17) is 4.74 Å². The molecule has 0 saturated carbocycles. The highest BCUT2D eigenvalue weighted by atomic mass is 32.1. The van der Waals surface area contributed by atoms with E-state index in [9.17, 15) is 14.9 Å². The Morgan fingerprint density at radius 3 is 2.59 bits per heavy atom. The van der Waals surface area contributed by atoms with Crippen molar-refractivity contribution < 1.29 is 9.53 Å². The SMILES string of the molecule is C=CCOC(=O)/C(C#N)=c1\s/c(=C\c2ccc(N3CCCC3)cc2)c(=O)n1CC. The lowest BCUT2D eigenvalue weighted by Crippen LogP contribution is -2.32. The quantitative estimate of drug-likeness (QED) is 0.537. The molecule has 1 fully saturated rings. The number of ether oxygens (including phenoxy) is 1. The minimum atomic E-state index is -0.752. The minimum absolute atomic E-state index is 0.00803. The molecule has 1 aliphatic heterocycles. The third-order valence-electron chi connectivity index (χ3n) is 4.75. The van der Waals surface area contributed by atoms with E-state index < -0.39 is 5.97 Å². The van der Waals surface area contributed by atoms with Crippen molar-refractivity contribution in [3.63, 3.8) is 0 Å². The first-order chi connectivity index (χ1) is 14.1. The lowest BCUT2D eigenvalue weighted by Gasteiger charge is -2.17. The highest BCUT2D eigenvalue weighted by Crippen LogP contribution is 2.20. The summed E-state index contributed by atoms with van der Waals surface area (Å²) in [6.07, 6.45) is 5.66. The van der Waals surface area contributed by atoms with Crippen LogP contribution in [0, 0.1) is 11.3 Å². The van der Waals surface area contributed by atoms with Crippen LogP contribution < -0.4 is 19.7 Å². The number of esters is 1. The fourth-order valence-corrected chi connectivity index (χ4v) is 4.44. The van der Waals surface area contributed by atoms with Gasteiger partial charge >= 0.3 is 5.97 Å². The van der Waals surface area contributed by atoms with E-state index in [0.717, 1.165) is 30.0 Å². The summed E-state index contributed by atoms with van der Waals surface area (Å²) in [5, 5.41) is 9.46. The second-order valence-electron chi connectivity index (χ2n) is 6.62. The molecule has 2 aromatic rings. The highest BCUT2D eigenvalue weighted by Gasteiger charge is 2.16. The Morgan fingerprint density at radius 2 is 2.00 bits per heavy atom. The van der Waals surface area contributed by atoms with Crippen molar-refractivity contribution in [2.75, 3.05) is 24.6 Å². The molecule has 0 bridgehead atoms. The van der Waals surface area contributed by atoms with Gasteiger partial charge in [0.25, 0.3) is 5.56 Å². The summed E-state index contributed by atoms with van der Waals surface area (Å²) in [7, 11) is 0. The molecule has 0 amide bonds. The van der Waals surface area contributed by atoms with Crippen molar-refractivity contribution in [2.24, 2.45) is 0 Å². The Bertz CT molecular complexity index is 1110.